The van der Waals surface area contributed by atoms with Gasteiger partial charge in [0, 0.05) is 0 Å². The van der Waals surface area contributed by atoms with E-state index in [-0.39, 0.29) is 6.04 Å². The van der Waals surface area contributed by atoms with E-state index < -0.39 is 0 Å². The van der Waals surface area contributed by atoms with Crippen molar-refractivity contribution in [3.05, 3.63) is 53.6 Å². The molecule has 2 aromatic carbocycles. The average molecular weight is 273 g/mol. The maximum Gasteiger partial charge on any atom is 0.161 e. The molecule has 106 valence electrons. The molecular weight excluding hydrogens is 254 g/mol. The van der Waals surface area contributed by atoms with E-state index in [1.165, 1.54) is 0 Å². The second-order valence-corrected chi connectivity index (χ2v) is 4.37. The summed E-state index contributed by atoms with van der Waals surface area (Å²) in [6.07, 6.45) is 0. The zero-order valence-electron chi connectivity index (χ0n) is 11.9. The van der Waals surface area contributed by atoms with Gasteiger partial charge in [0.1, 0.15) is 5.75 Å². The maximum atomic E-state index is 6.30. The fraction of sp³-hybridized carbons (Fsp3) is 0.250. The third kappa shape index (κ3) is 2.86. The molecule has 0 saturated carbocycles. The first-order chi connectivity index (χ1) is 9.69. The van der Waals surface area contributed by atoms with E-state index in [0.717, 1.165) is 16.9 Å². The van der Waals surface area contributed by atoms with Crippen molar-refractivity contribution in [2.75, 3.05) is 21.3 Å². The molecule has 2 N–H and O–H groups in total. The molecule has 0 bridgehead atoms. The Labute approximate surface area is 119 Å². The fourth-order valence-electron chi connectivity index (χ4n) is 2.07. The summed E-state index contributed by atoms with van der Waals surface area (Å²) in [7, 11) is 4.86. The molecule has 0 aliphatic heterocycles. The van der Waals surface area contributed by atoms with Gasteiger partial charge in [-0.3, -0.25) is 0 Å². The first kappa shape index (κ1) is 14.2. The van der Waals surface area contributed by atoms with E-state index in [2.05, 4.69) is 0 Å². The van der Waals surface area contributed by atoms with Crippen LogP contribution in [0.15, 0.2) is 42.5 Å². The second-order valence-electron chi connectivity index (χ2n) is 4.37. The van der Waals surface area contributed by atoms with Gasteiger partial charge in [-0.15, -0.1) is 0 Å². The molecule has 0 aliphatic rings. The van der Waals surface area contributed by atoms with Crippen LogP contribution < -0.4 is 19.9 Å². The van der Waals surface area contributed by atoms with Crippen molar-refractivity contribution in [2.45, 2.75) is 6.04 Å². The summed E-state index contributed by atoms with van der Waals surface area (Å²) in [5.41, 5.74) is 8.24. The highest BCUT2D eigenvalue weighted by Gasteiger charge is 2.13. The smallest absolute Gasteiger partial charge is 0.161 e. The van der Waals surface area contributed by atoms with Crippen molar-refractivity contribution in [2.24, 2.45) is 5.73 Å². The molecule has 2 aromatic rings. The molecule has 0 saturated heterocycles. The van der Waals surface area contributed by atoms with Gasteiger partial charge in [0.25, 0.3) is 0 Å². The van der Waals surface area contributed by atoms with Gasteiger partial charge < -0.3 is 19.9 Å². The fourth-order valence-corrected chi connectivity index (χ4v) is 2.07. The minimum atomic E-state index is -0.245. The Balaban J connectivity index is 2.34. The predicted octanol–water partition coefficient (Wildman–Crippen LogP) is 2.76. The lowest BCUT2D eigenvalue weighted by atomic mass is 9.99. The standard InChI is InChI=1S/C16H19NO3/c1-18-13-6-4-5-11(9-13)16(17)12-7-8-14(19-2)15(10-12)20-3/h4-10,16H,17H2,1-3H3. The van der Waals surface area contributed by atoms with Gasteiger partial charge in [0.15, 0.2) is 11.5 Å². The number of nitrogens with two attached hydrogens (primary N) is 1. The van der Waals surface area contributed by atoms with Gasteiger partial charge in [-0.2, -0.15) is 0 Å². The Kier molecular flexibility index (Phi) is 4.48. The molecule has 0 aliphatic carbocycles. The summed E-state index contributed by atoms with van der Waals surface area (Å²) in [4.78, 5) is 0. The van der Waals surface area contributed by atoms with Crippen LogP contribution in [-0.2, 0) is 0 Å². The topological polar surface area (TPSA) is 53.7 Å². The average Bonchev–Trinajstić information content (AvgIpc) is 2.53. The van der Waals surface area contributed by atoms with Gasteiger partial charge in [0.2, 0.25) is 0 Å². The van der Waals surface area contributed by atoms with Crippen LogP contribution in [0, 0.1) is 0 Å². The van der Waals surface area contributed by atoms with Gasteiger partial charge in [0.05, 0.1) is 27.4 Å². The summed E-state index contributed by atoms with van der Waals surface area (Å²) in [6.45, 7) is 0. The van der Waals surface area contributed by atoms with Gasteiger partial charge in [-0.1, -0.05) is 18.2 Å². The largest absolute Gasteiger partial charge is 0.497 e. The molecular formula is C16H19NO3. The SMILES string of the molecule is COc1cccc(C(N)c2ccc(OC)c(OC)c2)c1. The van der Waals surface area contributed by atoms with E-state index in [4.69, 9.17) is 19.9 Å². The maximum absolute atomic E-state index is 6.30. The molecule has 0 heterocycles. The zero-order chi connectivity index (χ0) is 14.5. The number of ether oxygens (including phenoxy) is 3. The first-order valence-corrected chi connectivity index (χ1v) is 6.31. The van der Waals surface area contributed by atoms with Crippen LogP contribution >= 0.6 is 0 Å². The van der Waals surface area contributed by atoms with Gasteiger partial charge >= 0.3 is 0 Å². The third-order valence-electron chi connectivity index (χ3n) is 3.22. The first-order valence-electron chi connectivity index (χ1n) is 6.31. The molecule has 1 unspecified atom stereocenters. The van der Waals surface area contributed by atoms with Crippen molar-refractivity contribution in [1.82, 2.24) is 0 Å². The zero-order valence-corrected chi connectivity index (χ0v) is 11.9. The van der Waals surface area contributed by atoms with Crippen molar-refractivity contribution in [3.63, 3.8) is 0 Å². The summed E-state index contributed by atoms with van der Waals surface area (Å²) >= 11 is 0. The molecule has 0 amide bonds. The Hall–Kier alpha value is -2.20. The number of benzene rings is 2. The Morgan fingerprint density at radius 3 is 2.15 bits per heavy atom. The van der Waals surface area contributed by atoms with Crippen molar-refractivity contribution >= 4 is 0 Å². The Morgan fingerprint density at radius 2 is 1.50 bits per heavy atom. The van der Waals surface area contributed by atoms with Crippen LogP contribution in [-0.4, -0.2) is 21.3 Å². The van der Waals surface area contributed by atoms with E-state index >= 15 is 0 Å². The Morgan fingerprint density at radius 1 is 0.800 bits per heavy atom. The lowest BCUT2D eigenvalue weighted by Gasteiger charge is -2.16. The molecule has 4 heteroatoms. The molecule has 0 fully saturated rings. The highest BCUT2D eigenvalue weighted by molar-refractivity contribution is 5.46. The predicted molar refractivity (Wildman–Crippen MR) is 78.6 cm³/mol. The summed E-state index contributed by atoms with van der Waals surface area (Å²) in [5, 5.41) is 0. The Bertz CT molecular complexity index is 584. The molecule has 0 aromatic heterocycles. The highest BCUT2D eigenvalue weighted by Crippen LogP contribution is 2.31. The van der Waals surface area contributed by atoms with E-state index in [1.54, 1.807) is 21.3 Å². The van der Waals surface area contributed by atoms with Crippen LogP contribution in [0.25, 0.3) is 0 Å². The second kappa shape index (κ2) is 6.30. The highest BCUT2D eigenvalue weighted by atomic mass is 16.5. The van der Waals surface area contributed by atoms with Crippen LogP contribution in [0.3, 0.4) is 0 Å². The molecule has 0 spiro atoms. The molecule has 2 rings (SSSR count). The molecule has 1 atom stereocenters. The number of hydrogen-bond acceptors (Lipinski definition) is 4. The van der Waals surface area contributed by atoms with Crippen molar-refractivity contribution < 1.29 is 14.2 Å². The molecule has 4 nitrogen and oxygen atoms in total. The van der Waals surface area contributed by atoms with Crippen LogP contribution in [0.4, 0.5) is 0 Å². The number of hydrogen-bond donors (Lipinski definition) is 1. The third-order valence-corrected chi connectivity index (χ3v) is 3.22. The molecule has 0 radical (unpaired) electrons. The normalized spacial score (nSPS) is 11.8. The lowest BCUT2D eigenvalue weighted by molar-refractivity contribution is 0.354. The monoisotopic (exact) mass is 273 g/mol. The number of rotatable bonds is 5. The van der Waals surface area contributed by atoms with Crippen LogP contribution in [0.2, 0.25) is 0 Å². The van der Waals surface area contributed by atoms with Gasteiger partial charge in [-0.25, -0.2) is 0 Å². The minimum absolute atomic E-state index is 0.245. The summed E-state index contributed by atoms with van der Waals surface area (Å²) < 4.78 is 15.8. The van der Waals surface area contributed by atoms with E-state index in [1.807, 2.05) is 42.5 Å². The minimum Gasteiger partial charge on any atom is -0.497 e. The van der Waals surface area contributed by atoms with E-state index in [9.17, 15) is 0 Å². The summed E-state index contributed by atoms with van der Waals surface area (Å²) in [5.74, 6) is 2.15. The van der Waals surface area contributed by atoms with E-state index in [0.29, 0.717) is 11.5 Å². The lowest BCUT2D eigenvalue weighted by Crippen LogP contribution is -2.12. The van der Waals surface area contributed by atoms with Gasteiger partial charge in [-0.05, 0) is 35.4 Å². The molecule has 20 heavy (non-hydrogen) atoms. The van der Waals surface area contributed by atoms with Crippen molar-refractivity contribution in [1.29, 1.82) is 0 Å². The number of methoxy groups -OCH3 is 3. The van der Waals surface area contributed by atoms with Crippen LogP contribution in [0.5, 0.6) is 17.2 Å². The van der Waals surface area contributed by atoms with Crippen LogP contribution in [0.1, 0.15) is 17.2 Å². The quantitative estimate of drug-likeness (QED) is 0.910. The van der Waals surface area contributed by atoms with Crippen molar-refractivity contribution in [3.8, 4) is 17.2 Å². The summed E-state index contributed by atoms with van der Waals surface area (Å²) in [6, 6.07) is 13.2.